The second kappa shape index (κ2) is 7.03. The minimum Gasteiger partial charge on any atom is -0.355 e. The van der Waals surface area contributed by atoms with Crippen molar-refractivity contribution in [3.05, 3.63) is 57.5 Å². The maximum atomic E-state index is 12.8. The van der Waals surface area contributed by atoms with E-state index >= 15 is 0 Å². The lowest BCUT2D eigenvalue weighted by atomic mass is 10.1. The van der Waals surface area contributed by atoms with E-state index < -0.39 is 0 Å². The highest BCUT2D eigenvalue weighted by molar-refractivity contribution is 7.10. The number of fused-ring (bicyclic) bond motifs is 1. The van der Waals surface area contributed by atoms with Crippen LogP contribution in [0.15, 0.2) is 35.7 Å². The first-order chi connectivity index (χ1) is 10.7. The number of hydrogen-bond donors (Lipinski definition) is 1. The third kappa shape index (κ3) is 3.93. The van der Waals surface area contributed by atoms with Crippen LogP contribution in [0.25, 0.3) is 0 Å². The van der Waals surface area contributed by atoms with E-state index in [2.05, 4.69) is 21.7 Å². The van der Waals surface area contributed by atoms with E-state index in [1.54, 1.807) is 23.5 Å². The molecule has 0 radical (unpaired) electrons. The van der Waals surface area contributed by atoms with E-state index in [4.69, 9.17) is 0 Å². The van der Waals surface area contributed by atoms with Crippen LogP contribution in [0.5, 0.6) is 0 Å². The Morgan fingerprint density at radius 3 is 2.91 bits per heavy atom. The molecule has 22 heavy (non-hydrogen) atoms. The first kappa shape index (κ1) is 15.2. The molecule has 0 spiro atoms. The summed E-state index contributed by atoms with van der Waals surface area (Å²) < 4.78 is 12.8. The van der Waals surface area contributed by atoms with Gasteiger partial charge < -0.3 is 5.32 Å². The van der Waals surface area contributed by atoms with Crippen LogP contribution in [0.3, 0.4) is 0 Å². The van der Waals surface area contributed by atoms with Crippen molar-refractivity contribution in [1.29, 1.82) is 0 Å². The first-order valence-electron chi connectivity index (χ1n) is 7.49. The molecule has 0 aliphatic carbocycles. The molecule has 2 heterocycles. The monoisotopic (exact) mass is 318 g/mol. The molecule has 3 nitrogen and oxygen atoms in total. The van der Waals surface area contributed by atoms with Gasteiger partial charge in [-0.1, -0.05) is 12.1 Å². The van der Waals surface area contributed by atoms with Crippen LogP contribution >= 0.6 is 11.3 Å². The van der Waals surface area contributed by atoms with Crippen molar-refractivity contribution in [3.8, 4) is 0 Å². The summed E-state index contributed by atoms with van der Waals surface area (Å²) in [5.74, 6) is -0.175. The topological polar surface area (TPSA) is 32.3 Å². The van der Waals surface area contributed by atoms with Gasteiger partial charge in [0.2, 0.25) is 5.91 Å². The van der Waals surface area contributed by atoms with Gasteiger partial charge in [0.25, 0.3) is 0 Å². The van der Waals surface area contributed by atoms with Crippen molar-refractivity contribution in [2.24, 2.45) is 0 Å². The predicted octanol–water partition coefficient (Wildman–Crippen LogP) is 2.60. The fourth-order valence-electron chi connectivity index (χ4n) is 2.70. The lowest BCUT2D eigenvalue weighted by molar-refractivity contribution is -0.122. The van der Waals surface area contributed by atoms with Gasteiger partial charge in [-0.2, -0.15) is 0 Å². The molecule has 1 aromatic heterocycles. The maximum Gasteiger partial charge on any atom is 0.234 e. The van der Waals surface area contributed by atoms with Gasteiger partial charge in [-0.3, -0.25) is 9.69 Å². The third-order valence-electron chi connectivity index (χ3n) is 3.90. The Morgan fingerprint density at radius 1 is 1.27 bits per heavy atom. The third-order valence-corrected chi connectivity index (χ3v) is 4.93. The van der Waals surface area contributed by atoms with Crippen molar-refractivity contribution in [2.45, 2.75) is 19.4 Å². The van der Waals surface area contributed by atoms with E-state index in [0.29, 0.717) is 13.1 Å². The van der Waals surface area contributed by atoms with Crippen LogP contribution in [-0.2, 0) is 24.2 Å². The molecular weight excluding hydrogens is 299 g/mol. The zero-order valence-electron chi connectivity index (χ0n) is 12.3. The van der Waals surface area contributed by atoms with Gasteiger partial charge in [-0.15, -0.1) is 11.3 Å². The molecule has 0 bridgehead atoms. The van der Waals surface area contributed by atoms with Crippen LogP contribution < -0.4 is 5.32 Å². The minimum atomic E-state index is -0.231. The molecule has 5 heteroatoms. The lowest BCUT2D eigenvalue weighted by Gasteiger charge is -2.26. The number of hydrogen-bond acceptors (Lipinski definition) is 3. The quantitative estimate of drug-likeness (QED) is 0.919. The van der Waals surface area contributed by atoms with Gasteiger partial charge in [-0.05, 0) is 47.5 Å². The standard InChI is InChI=1S/C17H19FN2OS/c18-15-3-1-13(2-4-15)5-8-19-17(21)12-20-9-6-16-14(11-20)7-10-22-16/h1-4,7,10H,5-6,8-9,11-12H2,(H,19,21). The van der Waals surface area contributed by atoms with Gasteiger partial charge in [0.15, 0.2) is 0 Å². The van der Waals surface area contributed by atoms with Gasteiger partial charge in [0, 0.05) is 24.5 Å². The Bertz CT molecular complexity index is 638. The number of amides is 1. The molecule has 1 amide bonds. The van der Waals surface area contributed by atoms with Crippen LogP contribution in [-0.4, -0.2) is 30.4 Å². The highest BCUT2D eigenvalue weighted by atomic mass is 32.1. The molecule has 1 aliphatic heterocycles. The number of carbonyl (C=O) groups excluding carboxylic acids is 1. The number of benzene rings is 1. The Hall–Kier alpha value is -1.72. The average molecular weight is 318 g/mol. The normalized spacial score (nSPS) is 14.6. The van der Waals surface area contributed by atoms with E-state index in [0.717, 1.165) is 31.5 Å². The summed E-state index contributed by atoms with van der Waals surface area (Å²) in [6, 6.07) is 8.56. The molecule has 1 aliphatic rings. The summed E-state index contributed by atoms with van der Waals surface area (Å²) in [5.41, 5.74) is 2.39. The Labute approximate surface area is 133 Å². The summed E-state index contributed by atoms with van der Waals surface area (Å²) >= 11 is 1.80. The molecule has 1 aromatic carbocycles. The Balaban J connectivity index is 1.40. The SMILES string of the molecule is O=C(CN1CCc2sccc2C1)NCCc1ccc(F)cc1. The number of thiophene rings is 1. The summed E-state index contributed by atoms with van der Waals surface area (Å²) in [5, 5.41) is 5.06. The number of rotatable bonds is 5. The van der Waals surface area contributed by atoms with Gasteiger partial charge in [0.05, 0.1) is 6.54 Å². The minimum absolute atomic E-state index is 0.0563. The van der Waals surface area contributed by atoms with Gasteiger partial charge in [-0.25, -0.2) is 4.39 Å². The second-order valence-corrected chi connectivity index (χ2v) is 6.56. The molecule has 0 saturated heterocycles. The number of halogens is 1. The molecule has 0 fully saturated rings. The zero-order chi connectivity index (χ0) is 15.4. The fourth-order valence-corrected chi connectivity index (χ4v) is 3.59. The average Bonchev–Trinajstić information content (AvgIpc) is 2.97. The first-order valence-corrected chi connectivity index (χ1v) is 8.37. The van der Waals surface area contributed by atoms with E-state index in [1.165, 1.54) is 22.6 Å². The largest absolute Gasteiger partial charge is 0.355 e. The molecule has 1 N–H and O–H groups in total. The van der Waals surface area contributed by atoms with Crippen LogP contribution in [0.2, 0.25) is 0 Å². The highest BCUT2D eigenvalue weighted by Crippen LogP contribution is 2.23. The van der Waals surface area contributed by atoms with Crippen molar-refractivity contribution < 1.29 is 9.18 Å². The zero-order valence-corrected chi connectivity index (χ0v) is 13.2. The molecule has 3 rings (SSSR count). The van der Waals surface area contributed by atoms with Crippen molar-refractivity contribution in [3.63, 3.8) is 0 Å². The van der Waals surface area contributed by atoms with E-state index in [9.17, 15) is 9.18 Å². The number of nitrogens with one attached hydrogen (secondary N) is 1. The number of carbonyl (C=O) groups is 1. The number of nitrogens with zero attached hydrogens (tertiary/aromatic N) is 1. The highest BCUT2D eigenvalue weighted by Gasteiger charge is 2.18. The molecule has 0 atom stereocenters. The lowest BCUT2D eigenvalue weighted by Crippen LogP contribution is -2.40. The maximum absolute atomic E-state index is 12.8. The van der Waals surface area contributed by atoms with Crippen LogP contribution in [0.4, 0.5) is 4.39 Å². The van der Waals surface area contributed by atoms with Gasteiger partial charge >= 0.3 is 0 Å². The smallest absolute Gasteiger partial charge is 0.234 e. The van der Waals surface area contributed by atoms with Crippen molar-refractivity contribution in [1.82, 2.24) is 10.2 Å². The molecule has 116 valence electrons. The fraction of sp³-hybridized carbons (Fsp3) is 0.353. The van der Waals surface area contributed by atoms with Crippen LogP contribution in [0, 0.1) is 5.82 Å². The summed E-state index contributed by atoms with van der Waals surface area (Å²) in [6.45, 7) is 2.84. The van der Waals surface area contributed by atoms with Crippen molar-refractivity contribution in [2.75, 3.05) is 19.6 Å². The van der Waals surface area contributed by atoms with E-state index in [-0.39, 0.29) is 11.7 Å². The molecule has 2 aromatic rings. The summed E-state index contributed by atoms with van der Waals surface area (Å²) in [7, 11) is 0. The Kier molecular flexibility index (Phi) is 4.85. The summed E-state index contributed by atoms with van der Waals surface area (Å²) in [4.78, 5) is 15.6. The molecule has 0 saturated carbocycles. The summed E-state index contributed by atoms with van der Waals surface area (Å²) in [6.07, 6.45) is 1.76. The van der Waals surface area contributed by atoms with Crippen molar-refractivity contribution >= 4 is 17.2 Å². The Morgan fingerprint density at radius 2 is 2.09 bits per heavy atom. The second-order valence-electron chi connectivity index (χ2n) is 5.56. The van der Waals surface area contributed by atoms with E-state index in [1.807, 2.05) is 0 Å². The predicted molar refractivity (Wildman–Crippen MR) is 86.4 cm³/mol. The van der Waals surface area contributed by atoms with Gasteiger partial charge in [0.1, 0.15) is 5.82 Å². The molecule has 0 unspecified atom stereocenters. The van der Waals surface area contributed by atoms with Crippen LogP contribution in [0.1, 0.15) is 16.0 Å². The molecular formula is C17H19FN2OS.